The van der Waals surface area contributed by atoms with Crippen molar-refractivity contribution in [2.24, 2.45) is 0 Å². The molecule has 0 fully saturated rings. The van der Waals surface area contributed by atoms with E-state index in [-0.39, 0.29) is 0 Å². The first-order valence-electron chi connectivity index (χ1n) is 8.84. The lowest BCUT2D eigenvalue weighted by molar-refractivity contribution is 0.395. The highest BCUT2D eigenvalue weighted by Crippen LogP contribution is 2.30. The van der Waals surface area contributed by atoms with Gasteiger partial charge in [0.05, 0.1) is 14.2 Å². The number of hydrogen-bond donors (Lipinski definition) is 1. The normalized spacial score (nSPS) is 10.6. The molecule has 134 valence electrons. The molecule has 0 aliphatic rings. The van der Waals surface area contributed by atoms with Crippen LogP contribution in [0.2, 0.25) is 0 Å². The monoisotopic (exact) mass is 355 g/mol. The Balaban J connectivity index is 1.66. The summed E-state index contributed by atoms with van der Waals surface area (Å²) in [6.45, 7) is 0. The lowest BCUT2D eigenvalue weighted by atomic mass is 10.0. The Bertz CT molecular complexity index is 1070. The van der Waals surface area contributed by atoms with Crippen molar-refractivity contribution in [2.45, 2.75) is 0 Å². The van der Waals surface area contributed by atoms with Crippen molar-refractivity contribution in [3.05, 3.63) is 84.9 Å². The largest absolute Gasteiger partial charge is 0.497 e. The predicted octanol–water partition coefficient (Wildman–Crippen LogP) is 6.27. The number of nitrogens with one attached hydrogen (secondary N) is 1. The number of benzene rings is 4. The molecule has 0 aliphatic carbocycles. The molecule has 3 heteroatoms. The van der Waals surface area contributed by atoms with Gasteiger partial charge in [0.1, 0.15) is 11.5 Å². The van der Waals surface area contributed by atoms with Gasteiger partial charge in [0.2, 0.25) is 0 Å². The molecule has 4 rings (SSSR count). The van der Waals surface area contributed by atoms with Gasteiger partial charge in [0.25, 0.3) is 0 Å². The van der Waals surface area contributed by atoms with Crippen LogP contribution in [0.4, 0.5) is 11.4 Å². The highest BCUT2D eigenvalue weighted by molar-refractivity contribution is 5.87. The molecule has 0 heterocycles. The van der Waals surface area contributed by atoms with Gasteiger partial charge in [-0.1, -0.05) is 48.5 Å². The Morgan fingerprint density at radius 2 is 1.26 bits per heavy atom. The average molecular weight is 355 g/mol. The summed E-state index contributed by atoms with van der Waals surface area (Å²) in [5, 5.41) is 5.93. The quantitative estimate of drug-likeness (QED) is 0.458. The third-order valence-electron chi connectivity index (χ3n) is 4.59. The minimum absolute atomic E-state index is 0.752. The Morgan fingerprint density at radius 1 is 0.556 bits per heavy atom. The Morgan fingerprint density at radius 3 is 2.00 bits per heavy atom. The smallest absolute Gasteiger partial charge is 0.124 e. The second-order valence-electron chi connectivity index (χ2n) is 6.37. The van der Waals surface area contributed by atoms with Crippen LogP contribution in [0.25, 0.3) is 21.9 Å². The van der Waals surface area contributed by atoms with Crippen molar-refractivity contribution < 1.29 is 9.47 Å². The van der Waals surface area contributed by atoms with Gasteiger partial charge in [0, 0.05) is 29.6 Å². The van der Waals surface area contributed by atoms with Crippen LogP contribution < -0.4 is 14.8 Å². The molecule has 0 spiro atoms. The van der Waals surface area contributed by atoms with E-state index >= 15 is 0 Å². The molecule has 3 nitrogen and oxygen atoms in total. The van der Waals surface area contributed by atoms with Crippen LogP contribution in [-0.4, -0.2) is 14.2 Å². The van der Waals surface area contributed by atoms with E-state index in [0.717, 1.165) is 22.9 Å². The van der Waals surface area contributed by atoms with Crippen molar-refractivity contribution in [1.82, 2.24) is 0 Å². The molecule has 0 unspecified atom stereocenters. The summed E-state index contributed by atoms with van der Waals surface area (Å²) in [5.74, 6) is 1.50. The molecule has 0 atom stereocenters. The second kappa shape index (κ2) is 7.42. The van der Waals surface area contributed by atoms with Gasteiger partial charge in [-0.2, -0.15) is 0 Å². The van der Waals surface area contributed by atoms with Crippen LogP contribution in [-0.2, 0) is 0 Å². The maximum absolute atomic E-state index is 5.35. The molecule has 0 aromatic heterocycles. The van der Waals surface area contributed by atoms with Crippen molar-refractivity contribution in [3.63, 3.8) is 0 Å². The topological polar surface area (TPSA) is 30.5 Å². The van der Waals surface area contributed by atoms with Crippen LogP contribution >= 0.6 is 0 Å². The van der Waals surface area contributed by atoms with Gasteiger partial charge in [0.15, 0.2) is 0 Å². The number of ether oxygens (including phenoxy) is 2. The predicted molar refractivity (Wildman–Crippen MR) is 112 cm³/mol. The summed E-state index contributed by atoms with van der Waals surface area (Å²) in [4.78, 5) is 0. The first-order chi connectivity index (χ1) is 13.2. The number of rotatable bonds is 5. The molecule has 4 aromatic rings. The fourth-order valence-corrected chi connectivity index (χ4v) is 3.19. The Labute approximate surface area is 159 Å². The first kappa shape index (κ1) is 17.0. The zero-order valence-corrected chi connectivity index (χ0v) is 15.4. The molecule has 27 heavy (non-hydrogen) atoms. The maximum Gasteiger partial charge on any atom is 0.124 e. The third kappa shape index (κ3) is 3.72. The second-order valence-corrected chi connectivity index (χ2v) is 6.37. The highest BCUT2D eigenvalue weighted by atomic mass is 16.5. The molecule has 4 aromatic carbocycles. The van der Waals surface area contributed by atoms with E-state index in [1.807, 2.05) is 18.2 Å². The molecule has 0 aliphatic heterocycles. The SMILES string of the molecule is COc1cc(Nc2cccc(-c3ccc4ccccc4c3)c2)cc(OC)c1. The number of hydrogen-bond acceptors (Lipinski definition) is 3. The molecule has 1 N–H and O–H groups in total. The summed E-state index contributed by atoms with van der Waals surface area (Å²) < 4.78 is 10.7. The van der Waals surface area contributed by atoms with E-state index in [4.69, 9.17) is 9.47 Å². The van der Waals surface area contributed by atoms with Crippen molar-refractivity contribution >= 4 is 22.1 Å². The lowest BCUT2D eigenvalue weighted by Crippen LogP contribution is -1.94. The zero-order chi connectivity index (χ0) is 18.6. The minimum Gasteiger partial charge on any atom is -0.497 e. The minimum atomic E-state index is 0.752. The van der Waals surface area contributed by atoms with Crippen LogP contribution in [0.3, 0.4) is 0 Å². The van der Waals surface area contributed by atoms with E-state index in [9.17, 15) is 0 Å². The zero-order valence-electron chi connectivity index (χ0n) is 15.4. The molecule has 0 saturated carbocycles. The van der Waals surface area contributed by atoms with Gasteiger partial charge in [-0.15, -0.1) is 0 Å². The fraction of sp³-hybridized carbons (Fsp3) is 0.0833. The summed E-state index contributed by atoms with van der Waals surface area (Å²) in [7, 11) is 3.30. The summed E-state index contributed by atoms with van der Waals surface area (Å²) in [6.07, 6.45) is 0. The van der Waals surface area contributed by atoms with E-state index < -0.39 is 0 Å². The van der Waals surface area contributed by atoms with Gasteiger partial charge in [-0.3, -0.25) is 0 Å². The molecule has 0 amide bonds. The molecular formula is C24H21NO2. The molecule has 0 saturated heterocycles. The third-order valence-corrected chi connectivity index (χ3v) is 4.59. The van der Waals surface area contributed by atoms with E-state index in [1.165, 1.54) is 21.9 Å². The van der Waals surface area contributed by atoms with Crippen LogP contribution in [0.15, 0.2) is 84.9 Å². The summed E-state index contributed by atoms with van der Waals surface area (Å²) in [5.41, 5.74) is 4.29. The number of anilines is 2. The first-order valence-corrected chi connectivity index (χ1v) is 8.84. The van der Waals surface area contributed by atoms with Crippen molar-refractivity contribution in [3.8, 4) is 22.6 Å². The number of fused-ring (bicyclic) bond motifs is 1. The van der Waals surface area contributed by atoms with Gasteiger partial charge in [-0.25, -0.2) is 0 Å². The van der Waals surface area contributed by atoms with Crippen molar-refractivity contribution in [2.75, 3.05) is 19.5 Å². The summed E-state index contributed by atoms with van der Waals surface area (Å²) in [6, 6.07) is 29.1. The van der Waals surface area contributed by atoms with Gasteiger partial charge >= 0.3 is 0 Å². The summed E-state index contributed by atoms with van der Waals surface area (Å²) >= 11 is 0. The maximum atomic E-state index is 5.35. The Kier molecular flexibility index (Phi) is 4.67. The van der Waals surface area contributed by atoms with E-state index in [2.05, 4.69) is 72.0 Å². The molecule has 0 radical (unpaired) electrons. The van der Waals surface area contributed by atoms with Crippen LogP contribution in [0.1, 0.15) is 0 Å². The van der Waals surface area contributed by atoms with E-state index in [1.54, 1.807) is 14.2 Å². The molecule has 0 bridgehead atoms. The van der Waals surface area contributed by atoms with E-state index in [0.29, 0.717) is 0 Å². The fourth-order valence-electron chi connectivity index (χ4n) is 3.19. The Hall–Kier alpha value is -3.46. The van der Waals surface area contributed by atoms with Crippen LogP contribution in [0, 0.1) is 0 Å². The van der Waals surface area contributed by atoms with Crippen LogP contribution in [0.5, 0.6) is 11.5 Å². The van der Waals surface area contributed by atoms with Crippen molar-refractivity contribution in [1.29, 1.82) is 0 Å². The lowest BCUT2D eigenvalue weighted by Gasteiger charge is -2.12. The molecular weight excluding hydrogens is 334 g/mol. The average Bonchev–Trinajstić information content (AvgIpc) is 2.73. The van der Waals surface area contributed by atoms with Gasteiger partial charge in [-0.05, 0) is 40.1 Å². The highest BCUT2D eigenvalue weighted by Gasteiger charge is 2.05. The number of methoxy groups -OCH3 is 2. The standard InChI is InChI=1S/C24H21NO2/c1-26-23-14-22(15-24(16-23)27-2)25-21-9-5-8-19(13-21)20-11-10-17-6-3-4-7-18(17)12-20/h3-16,25H,1-2H3. The van der Waals surface area contributed by atoms with Gasteiger partial charge < -0.3 is 14.8 Å².